The van der Waals surface area contributed by atoms with Crippen molar-refractivity contribution in [3.8, 4) is 0 Å². The van der Waals surface area contributed by atoms with Crippen molar-refractivity contribution in [2.45, 2.75) is 72.4 Å². The summed E-state index contributed by atoms with van der Waals surface area (Å²) in [6.45, 7) is 10.4. The van der Waals surface area contributed by atoms with Crippen LogP contribution in [0.5, 0.6) is 0 Å². The third kappa shape index (κ3) is 4.93. The first-order valence-electron chi connectivity index (χ1n) is 8.71. The van der Waals surface area contributed by atoms with Gasteiger partial charge in [0, 0.05) is 26.2 Å². The van der Waals surface area contributed by atoms with Crippen molar-refractivity contribution >= 4 is 17.9 Å². The number of ether oxygens (including phenoxy) is 4. The number of methoxy groups -OCH3 is 1. The van der Waals surface area contributed by atoms with E-state index in [1.54, 1.807) is 0 Å². The van der Waals surface area contributed by atoms with Gasteiger partial charge in [-0.1, -0.05) is 27.7 Å². The molecule has 0 bridgehead atoms. The molecular formula is C18H30O7. The van der Waals surface area contributed by atoms with Gasteiger partial charge in [0.15, 0.2) is 0 Å². The molecule has 1 fully saturated rings. The molecule has 0 aromatic rings. The van der Waals surface area contributed by atoms with Gasteiger partial charge in [-0.05, 0) is 18.3 Å². The monoisotopic (exact) mass is 358 g/mol. The van der Waals surface area contributed by atoms with E-state index in [1.807, 2.05) is 27.7 Å². The summed E-state index contributed by atoms with van der Waals surface area (Å²) in [5.41, 5.74) is 0. The number of esters is 3. The quantitative estimate of drug-likeness (QED) is 0.532. The zero-order valence-corrected chi connectivity index (χ0v) is 16.2. The second-order valence-electron chi connectivity index (χ2n) is 6.88. The molecule has 0 saturated carbocycles. The minimum atomic E-state index is -1.76. The molecule has 0 aromatic heterocycles. The Balaban J connectivity index is 3.17. The molecule has 25 heavy (non-hydrogen) atoms. The first-order valence-corrected chi connectivity index (χ1v) is 8.71. The fourth-order valence-corrected chi connectivity index (χ4v) is 3.51. The Morgan fingerprint density at radius 1 is 1.20 bits per heavy atom. The molecule has 1 unspecified atom stereocenters. The van der Waals surface area contributed by atoms with Crippen molar-refractivity contribution in [3.63, 3.8) is 0 Å². The molecular weight excluding hydrogens is 328 g/mol. The number of carbonyl (C=O) groups excluding carboxylic acids is 3. The van der Waals surface area contributed by atoms with Crippen LogP contribution in [-0.2, 0) is 33.3 Å². The van der Waals surface area contributed by atoms with Gasteiger partial charge in [-0.3, -0.25) is 9.59 Å². The third-order valence-corrected chi connectivity index (χ3v) is 4.96. The highest BCUT2D eigenvalue weighted by molar-refractivity contribution is 5.81. The largest absolute Gasteiger partial charge is 0.464 e. The molecule has 0 N–H and O–H groups in total. The Morgan fingerprint density at radius 2 is 1.80 bits per heavy atom. The van der Waals surface area contributed by atoms with Crippen LogP contribution in [0.15, 0.2) is 0 Å². The summed E-state index contributed by atoms with van der Waals surface area (Å²) in [4.78, 5) is 35.3. The Kier molecular flexibility index (Phi) is 7.41. The van der Waals surface area contributed by atoms with E-state index in [-0.39, 0.29) is 36.2 Å². The van der Waals surface area contributed by atoms with Crippen molar-refractivity contribution in [1.82, 2.24) is 0 Å². The van der Waals surface area contributed by atoms with Crippen LogP contribution in [0.4, 0.5) is 0 Å². The van der Waals surface area contributed by atoms with E-state index in [2.05, 4.69) is 0 Å². The van der Waals surface area contributed by atoms with Crippen LogP contribution in [0.3, 0.4) is 0 Å². The van der Waals surface area contributed by atoms with Gasteiger partial charge in [0.05, 0.1) is 13.2 Å². The van der Waals surface area contributed by atoms with Crippen LogP contribution in [-0.4, -0.2) is 43.0 Å². The lowest BCUT2D eigenvalue weighted by Gasteiger charge is -2.47. The molecule has 0 aliphatic carbocycles. The molecule has 6 atom stereocenters. The molecule has 7 nitrogen and oxygen atoms in total. The maximum atomic E-state index is 12.4. The second-order valence-corrected chi connectivity index (χ2v) is 6.88. The molecule has 1 aliphatic heterocycles. The average molecular weight is 358 g/mol. The number of carbonyl (C=O) groups is 3. The molecule has 1 heterocycles. The minimum Gasteiger partial charge on any atom is -0.464 e. The van der Waals surface area contributed by atoms with Gasteiger partial charge in [0.2, 0.25) is 0 Å². The van der Waals surface area contributed by atoms with Crippen LogP contribution in [0, 0.1) is 17.8 Å². The van der Waals surface area contributed by atoms with E-state index in [0.717, 1.165) is 0 Å². The van der Waals surface area contributed by atoms with E-state index >= 15 is 0 Å². The topological polar surface area (TPSA) is 88.1 Å². The van der Waals surface area contributed by atoms with Gasteiger partial charge in [-0.2, -0.15) is 0 Å². The van der Waals surface area contributed by atoms with Gasteiger partial charge in [-0.25, -0.2) is 4.79 Å². The summed E-state index contributed by atoms with van der Waals surface area (Å²) in [5.74, 6) is -3.56. The van der Waals surface area contributed by atoms with Crippen molar-refractivity contribution < 1.29 is 33.3 Å². The molecule has 1 saturated heterocycles. The van der Waals surface area contributed by atoms with Gasteiger partial charge < -0.3 is 18.9 Å². The van der Waals surface area contributed by atoms with Crippen LogP contribution in [0.1, 0.15) is 54.4 Å². The first kappa shape index (κ1) is 21.4. The Labute approximate surface area is 149 Å². The zero-order valence-electron chi connectivity index (χ0n) is 16.2. The molecule has 144 valence electrons. The van der Waals surface area contributed by atoms with Gasteiger partial charge in [0.1, 0.15) is 6.10 Å². The SMILES string of the molecule is CC[C@@H](OC(C)=O)[C@@H](C)C1O[C@](OC(C)=O)(C(=O)OC)C[C@@H](C)[C@H]1C. The maximum Gasteiger partial charge on any atom is 0.379 e. The van der Waals surface area contributed by atoms with Crippen molar-refractivity contribution in [1.29, 1.82) is 0 Å². The van der Waals surface area contributed by atoms with Crippen molar-refractivity contribution in [3.05, 3.63) is 0 Å². The van der Waals surface area contributed by atoms with Crippen LogP contribution in [0.25, 0.3) is 0 Å². The Bertz CT molecular complexity index is 504. The fraction of sp³-hybridized carbons (Fsp3) is 0.833. The van der Waals surface area contributed by atoms with Crippen molar-refractivity contribution in [2.24, 2.45) is 17.8 Å². The maximum absolute atomic E-state index is 12.4. The minimum absolute atomic E-state index is 0.0366. The lowest BCUT2D eigenvalue weighted by atomic mass is 9.76. The molecule has 0 spiro atoms. The third-order valence-electron chi connectivity index (χ3n) is 4.96. The lowest BCUT2D eigenvalue weighted by Crippen LogP contribution is -2.58. The van der Waals surface area contributed by atoms with Gasteiger partial charge in [0.25, 0.3) is 0 Å². The zero-order chi connectivity index (χ0) is 19.4. The van der Waals surface area contributed by atoms with Crippen LogP contribution < -0.4 is 0 Å². The summed E-state index contributed by atoms with van der Waals surface area (Å²) >= 11 is 0. The number of hydrogen-bond acceptors (Lipinski definition) is 7. The lowest BCUT2D eigenvalue weighted by molar-refractivity contribution is -0.294. The molecule has 0 amide bonds. The van der Waals surface area contributed by atoms with Gasteiger partial charge in [-0.15, -0.1) is 0 Å². The molecule has 1 rings (SSSR count). The Hall–Kier alpha value is -1.63. The first-order chi connectivity index (χ1) is 11.6. The van der Waals surface area contributed by atoms with Gasteiger partial charge >= 0.3 is 23.7 Å². The number of hydrogen-bond donors (Lipinski definition) is 0. The molecule has 7 heteroatoms. The van der Waals surface area contributed by atoms with E-state index in [1.165, 1.54) is 21.0 Å². The summed E-state index contributed by atoms with van der Waals surface area (Å²) in [6.07, 6.45) is 0.0310. The predicted molar refractivity (Wildman–Crippen MR) is 89.3 cm³/mol. The van der Waals surface area contributed by atoms with E-state index in [4.69, 9.17) is 18.9 Å². The summed E-state index contributed by atoms with van der Waals surface area (Å²) in [7, 11) is 1.23. The Morgan fingerprint density at radius 3 is 2.24 bits per heavy atom. The second kappa shape index (κ2) is 8.65. The highest BCUT2D eigenvalue weighted by Crippen LogP contribution is 2.42. The summed E-state index contributed by atoms with van der Waals surface area (Å²) in [6, 6.07) is 0. The van der Waals surface area contributed by atoms with Crippen LogP contribution >= 0.6 is 0 Å². The van der Waals surface area contributed by atoms with E-state index < -0.39 is 23.8 Å². The highest BCUT2D eigenvalue weighted by atomic mass is 16.7. The van der Waals surface area contributed by atoms with E-state index in [9.17, 15) is 14.4 Å². The van der Waals surface area contributed by atoms with E-state index in [0.29, 0.717) is 6.42 Å². The predicted octanol–water partition coefficient (Wildman–Crippen LogP) is 2.46. The number of rotatable bonds is 6. The fourth-order valence-electron chi connectivity index (χ4n) is 3.51. The normalized spacial score (nSPS) is 31.6. The molecule has 1 aliphatic rings. The standard InChI is InChI=1S/C18H30O7/c1-8-15(23-13(5)19)12(4)16-11(3)10(2)9-18(25-16,17(21)22-7)24-14(6)20/h10-12,15-16H,8-9H2,1-7H3/t10-,11-,12-,15-,16?,18+/m1/s1. The van der Waals surface area contributed by atoms with Crippen LogP contribution in [0.2, 0.25) is 0 Å². The summed E-state index contributed by atoms with van der Waals surface area (Å²) in [5, 5.41) is 0. The average Bonchev–Trinajstić information content (AvgIpc) is 2.53. The smallest absolute Gasteiger partial charge is 0.379 e. The highest BCUT2D eigenvalue weighted by Gasteiger charge is 2.54. The van der Waals surface area contributed by atoms with Crippen molar-refractivity contribution in [2.75, 3.05) is 7.11 Å². The molecule has 0 aromatic carbocycles. The summed E-state index contributed by atoms with van der Waals surface area (Å²) < 4.78 is 21.5. The molecule has 0 radical (unpaired) electrons.